The fourth-order valence-electron chi connectivity index (χ4n) is 2.68. The summed E-state index contributed by atoms with van der Waals surface area (Å²) in [6, 6.07) is 13.8. The van der Waals surface area contributed by atoms with E-state index in [1.807, 2.05) is 31.2 Å². The van der Waals surface area contributed by atoms with Gasteiger partial charge in [0.25, 0.3) is 0 Å². The van der Waals surface area contributed by atoms with Gasteiger partial charge in [-0.2, -0.15) is 0 Å². The van der Waals surface area contributed by atoms with Gasteiger partial charge in [0.15, 0.2) is 5.96 Å². The van der Waals surface area contributed by atoms with Gasteiger partial charge in [0.05, 0.1) is 19.6 Å². The maximum absolute atomic E-state index is 13.1. The van der Waals surface area contributed by atoms with Crippen LogP contribution >= 0.6 is 24.0 Å². The van der Waals surface area contributed by atoms with E-state index in [4.69, 9.17) is 10.5 Å². The van der Waals surface area contributed by atoms with E-state index in [1.54, 1.807) is 19.2 Å². The number of carbonyl (C=O) groups is 1. The highest BCUT2D eigenvalue weighted by atomic mass is 127. The van der Waals surface area contributed by atoms with Gasteiger partial charge in [0.2, 0.25) is 5.91 Å². The zero-order valence-corrected chi connectivity index (χ0v) is 19.0. The lowest BCUT2D eigenvalue weighted by Gasteiger charge is -2.17. The normalized spacial score (nSPS) is 11.9. The van der Waals surface area contributed by atoms with E-state index in [0.29, 0.717) is 32.0 Å². The van der Waals surface area contributed by atoms with Crippen molar-refractivity contribution >= 4 is 35.8 Å². The number of rotatable bonds is 9. The van der Waals surface area contributed by atoms with E-state index < -0.39 is 11.8 Å². The molecule has 8 heteroatoms. The topological polar surface area (TPSA) is 88.7 Å². The summed E-state index contributed by atoms with van der Waals surface area (Å²) in [5, 5.41) is 6.32. The van der Waals surface area contributed by atoms with Crippen molar-refractivity contribution in [1.29, 1.82) is 0 Å². The highest BCUT2D eigenvalue weighted by molar-refractivity contribution is 14.0. The van der Waals surface area contributed by atoms with Gasteiger partial charge < -0.3 is 21.1 Å². The lowest BCUT2D eigenvalue weighted by Crippen LogP contribution is -2.43. The molecule has 1 atom stereocenters. The van der Waals surface area contributed by atoms with Gasteiger partial charge >= 0.3 is 0 Å². The van der Waals surface area contributed by atoms with Gasteiger partial charge in [0, 0.05) is 13.1 Å². The van der Waals surface area contributed by atoms with Crippen LogP contribution in [-0.4, -0.2) is 32.1 Å². The van der Waals surface area contributed by atoms with Crippen LogP contribution in [-0.2, 0) is 17.8 Å². The predicted molar refractivity (Wildman–Crippen MR) is 124 cm³/mol. The average molecular weight is 514 g/mol. The number of halogens is 2. The maximum Gasteiger partial charge on any atom is 0.222 e. The Labute approximate surface area is 188 Å². The number of ether oxygens (including phenoxy) is 1. The molecule has 0 aliphatic carbocycles. The maximum atomic E-state index is 13.1. The highest BCUT2D eigenvalue weighted by Crippen LogP contribution is 2.13. The number of hydrogen-bond donors (Lipinski definition) is 3. The number of aliphatic imine (C=N–C) groups is 1. The second-order valence-corrected chi connectivity index (χ2v) is 6.36. The van der Waals surface area contributed by atoms with Crippen LogP contribution in [0.5, 0.6) is 5.75 Å². The van der Waals surface area contributed by atoms with Crippen LogP contribution in [0.4, 0.5) is 4.39 Å². The second kappa shape index (κ2) is 13.0. The molecule has 0 spiro atoms. The van der Waals surface area contributed by atoms with Crippen molar-refractivity contribution in [1.82, 2.24) is 10.6 Å². The molecule has 1 amide bonds. The van der Waals surface area contributed by atoms with Crippen LogP contribution in [0.25, 0.3) is 0 Å². The number of nitrogens with zero attached hydrogens (tertiary/aromatic N) is 1. The molecule has 2 aromatic carbocycles. The number of guanidine groups is 1. The third-order valence-electron chi connectivity index (χ3n) is 4.21. The average Bonchev–Trinajstić information content (AvgIpc) is 2.70. The smallest absolute Gasteiger partial charge is 0.222 e. The van der Waals surface area contributed by atoms with E-state index in [1.165, 1.54) is 12.1 Å². The number of hydrogen-bond acceptors (Lipinski definition) is 3. The fourth-order valence-corrected chi connectivity index (χ4v) is 2.68. The molecule has 158 valence electrons. The highest BCUT2D eigenvalue weighted by Gasteiger charge is 2.16. The first-order chi connectivity index (χ1) is 13.5. The summed E-state index contributed by atoms with van der Waals surface area (Å²) in [7, 11) is 1.62. The molecule has 0 heterocycles. The molecule has 1 unspecified atom stereocenters. The Hall–Kier alpha value is -2.36. The summed E-state index contributed by atoms with van der Waals surface area (Å²) < 4.78 is 18.3. The van der Waals surface area contributed by atoms with Crippen molar-refractivity contribution < 1.29 is 13.9 Å². The van der Waals surface area contributed by atoms with Crippen LogP contribution in [0.15, 0.2) is 53.5 Å². The monoisotopic (exact) mass is 514 g/mol. The van der Waals surface area contributed by atoms with Crippen LogP contribution in [0.2, 0.25) is 0 Å². The van der Waals surface area contributed by atoms with Gasteiger partial charge in [-0.25, -0.2) is 9.38 Å². The number of methoxy groups -OCH3 is 1. The molecule has 0 bridgehead atoms. The van der Waals surface area contributed by atoms with E-state index >= 15 is 0 Å². The number of nitrogens with one attached hydrogen (secondary N) is 2. The van der Waals surface area contributed by atoms with E-state index in [9.17, 15) is 9.18 Å². The Balaban J connectivity index is 0.00000420. The Bertz CT molecular complexity index is 800. The van der Waals surface area contributed by atoms with Gasteiger partial charge in [-0.05, 0) is 48.7 Å². The van der Waals surface area contributed by atoms with Gasteiger partial charge in [0.1, 0.15) is 11.6 Å². The Kier molecular flexibility index (Phi) is 11.0. The number of carbonyl (C=O) groups excluding carboxylic acids is 1. The lowest BCUT2D eigenvalue weighted by atomic mass is 9.98. The second-order valence-electron chi connectivity index (χ2n) is 6.36. The molecular weight excluding hydrogens is 486 g/mol. The standard InChI is InChI=1S/C21H27FN4O2.HI/c1-3-24-21(25-13-16-5-4-6-19(12-16)28-2)26-14-17(20(23)27)11-15-7-9-18(22)10-8-15;/h4-10,12,17H,3,11,13-14H2,1-2H3,(H2,23,27)(H2,24,25,26);1H. The first kappa shape index (κ1) is 24.7. The van der Waals surface area contributed by atoms with Crippen molar-refractivity contribution in [3.8, 4) is 5.75 Å². The largest absolute Gasteiger partial charge is 0.497 e. The van der Waals surface area contributed by atoms with Gasteiger partial charge in [-0.3, -0.25) is 4.79 Å². The number of primary amides is 1. The number of amides is 1. The predicted octanol–water partition coefficient (Wildman–Crippen LogP) is 2.85. The molecule has 0 aliphatic rings. The fraction of sp³-hybridized carbons (Fsp3) is 0.333. The number of benzene rings is 2. The Morgan fingerprint density at radius 1 is 1.17 bits per heavy atom. The summed E-state index contributed by atoms with van der Waals surface area (Å²) in [6.07, 6.45) is 0.428. The van der Waals surface area contributed by atoms with E-state index in [0.717, 1.165) is 16.9 Å². The zero-order chi connectivity index (χ0) is 20.4. The summed E-state index contributed by atoms with van der Waals surface area (Å²) in [6.45, 7) is 3.44. The van der Waals surface area contributed by atoms with Gasteiger partial charge in [-0.1, -0.05) is 24.3 Å². The minimum atomic E-state index is -0.439. The van der Waals surface area contributed by atoms with Crippen LogP contribution < -0.4 is 21.1 Å². The van der Waals surface area contributed by atoms with Crippen LogP contribution in [0, 0.1) is 11.7 Å². The minimum absolute atomic E-state index is 0. The molecule has 4 N–H and O–H groups in total. The molecule has 0 fully saturated rings. The quantitative estimate of drug-likeness (QED) is 0.273. The molecule has 0 saturated carbocycles. The minimum Gasteiger partial charge on any atom is -0.497 e. The number of nitrogens with two attached hydrogens (primary N) is 1. The van der Waals surface area contributed by atoms with Crippen molar-refractivity contribution in [2.45, 2.75) is 19.9 Å². The molecule has 0 saturated heterocycles. The molecule has 29 heavy (non-hydrogen) atoms. The molecule has 6 nitrogen and oxygen atoms in total. The molecule has 2 aromatic rings. The summed E-state index contributed by atoms with van der Waals surface area (Å²) in [4.78, 5) is 16.4. The van der Waals surface area contributed by atoms with Gasteiger partial charge in [-0.15, -0.1) is 24.0 Å². The van der Waals surface area contributed by atoms with Crippen LogP contribution in [0.3, 0.4) is 0 Å². The third-order valence-corrected chi connectivity index (χ3v) is 4.21. The summed E-state index contributed by atoms with van der Waals surface area (Å²) in [5.41, 5.74) is 7.41. The van der Waals surface area contributed by atoms with Crippen molar-refractivity contribution in [2.75, 3.05) is 20.2 Å². The molecule has 0 aromatic heterocycles. The van der Waals surface area contributed by atoms with E-state index in [2.05, 4.69) is 15.6 Å². The Morgan fingerprint density at radius 2 is 1.90 bits per heavy atom. The summed E-state index contributed by atoms with van der Waals surface area (Å²) in [5.74, 6) is 0.206. The Morgan fingerprint density at radius 3 is 2.52 bits per heavy atom. The van der Waals surface area contributed by atoms with Crippen molar-refractivity contribution in [3.05, 3.63) is 65.5 Å². The molecule has 0 radical (unpaired) electrons. The van der Waals surface area contributed by atoms with E-state index in [-0.39, 0.29) is 29.8 Å². The van der Waals surface area contributed by atoms with Crippen molar-refractivity contribution in [3.63, 3.8) is 0 Å². The molecule has 2 rings (SSSR count). The molecular formula is C21H28FIN4O2. The molecule has 0 aliphatic heterocycles. The first-order valence-corrected chi connectivity index (χ1v) is 9.20. The lowest BCUT2D eigenvalue weighted by molar-refractivity contribution is -0.121. The van der Waals surface area contributed by atoms with Crippen LogP contribution in [0.1, 0.15) is 18.1 Å². The zero-order valence-electron chi connectivity index (χ0n) is 16.7. The van der Waals surface area contributed by atoms with Crippen molar-refractivity contribution in [2.24, 2.45) is 16.6 Å². The third kappa shape index (κ3) is 8.68. The summed E-state index contributed by atoms with van der Waals surface area (Å²) >= 11 is 0. The SMILES string of the molecule is CCNC(=NCc1cccc(OC)c1)NCC(Cc1ccc(F)cc1)C(N)=O.I. The first-order valence-electron chi connectivity index (χ1n) is 9.20.